The standard InChI is InChI=1S/C23H46N6O13/c24-2-7-13(32)15(34)10(28)21(37-7)40-18-6(27)1-5(26)12(31)20(18)42-23-17(36)19(9(4-30)39-23)41-22-11(29)16(35)14(33)8(3-25)38-22/h5-23,30-36H,1-4,24-29H2/t5-,6+,7-,8+,9-,10+,11-,12-,13-,14-,15-,16-,17+,18+,19+,20-,21-,22-,23+/m1/s1. The highest BCUT2D eigenvalue weighted by atomic mass is 16.8. The van der Waals surface area contributed by atoms with E-state index >= 15 is 0 Å². The minimum Gasteiger partial charge on any atom is -0.394 e. The molecule has 1 saturated carbocycles. The van der Waals surface area contributed by atoms with Crippen LogP contribution in [0.25, 0.3) is 0 Å². The molecule has 3 saturated heterocycles. The Balaban J connectivity index is 1.50. The molecule has 1 aliphatic carbocycles. The fraction of sp³-hybridized carbons (Fsp3) is 1.00. The molecule has 0 aromatic carbocycles. The summed E-state index contributed by atoms with van der Waals surface area (Å²) in [6, 6.07) is -4.18. The largest absolute Gasteiger partial charge is 0.394 e. The average Bonchev–Trinajstić information content (AvgIpc) is 3.27. The smallest absolute Gasteiger partial charge is 0.187 e. The summed E-state index contributed by atoms with van der Waals surface area (Å²) in [6.45, 7) is -0.967. The molecule has 246 valence electrons. The zero-order valence-electron chi connectivity index (χ0n) is 22.8. The van der Waals surface area contributed by atoms with E-state index in [1.807, 2.05) is 0 Å². The molecule has 3 heterocycles. The van der Waals surface area contributed by atoms with Gasteiger partial charge in [0.15, 0.2) is 18.9 Å². The van der Waals surface area contributed by atoms with Gasteiger partial charge in [-0.1, -0.05) is 0 Å². The number of nitrogens with two attached hydrogens (primary N) is 6. The van der Waals surface area contributed by atoms with Crippen LogP contribution in [0.5, 0.6) is 0 Å². The summed E-state index contributed by atoms with van der Waals surface area (Å²) in [7, 11) is 0. The Morgan fingerprint density at radius 2 is 0.976 bits per heavy atom. The van der Waals surface area contributed by atoms with Gasteiger partial charge in [-0.3, -0.25) is 0 Å². The van der Waals surface area contributed by atoms with E-state index in [9.17, 15) is 35.7 Å². The summed E-state index contributed by atoms with van der Waals surface area (Å²) in [5, 5.41) is 73.0. The molecule has 19 N–H and O–H groups in total. The first kappa shape index (κ1) is 34.1. The average molecular weight is 615 g/mol. The lowest BCUT2D eigenvalue weighted by Crippen LogP contribution is -2.68. The van der Waals surface area contributed by atoms with Crippen LogP contribution in [0.15, 0.2) is 0 Å². The SMILES string of the molecule is NC[C@@H]1O[C@H](O[C@@H]2[C@H](O)[C@H](O[C@@H]3[C@H](O)[C@H](N)C[C@H](N)[C@@H]3O[C@H]3O[C@H](CN)[C@@H](O)[C@H](O)[C@@H]3N)O[C@@H]2CO)[C@H](N)[C@@H](O)[C@@H]1O. The Labute approximate surface area is 241 Å². The second-order valence-corrected chi connectivity index (χ2v) is 11.2. The van der Waals surface area contributed by atoms with Gasteiger partial charge in [-0.2, -0.15) is 0 Å². The van der Waals surface area contributed by atoms with Gasteiger partial charge in [-0.05, 0) is 6.42 Å². The first-order valence-electron chi connectivity index (χ1n) is 13.9. The van der Waals surface area contributed by atoms with Gasteiger partial charge in [0, 0.05) is 25.2 Å². The fourth-order valence-electron chi connectivity index (χ4n) is 5.74. The Morgan fingerprint density at radius 3 is 1.45 bits per heavy atom. The number of hydrogen-bond donors (Lipinski definition) is 13. The monoisotopic (exact) mass is 614 g/mol. The second kappa shape index (κ2) is 14.1. The van der Waals surface area contributed by atoms with Gasteiger partial charge in [0.1, 0.15) is 67.1 Å². The van der Waals surface area contributed by atoms with Gasteiger partial charge in [0.2, 0.25) is 0 Å². The number of rotatable bonds is 9. The van der Waals surface area contributed by atoms with Gasteiger partial charge in [0.25, 0.3) is 0 Å². The Morgan fingerprint density at radius 1 is 0.524 bits per heavy atom. The van der Waals surface area contributed by atoms with E-state index in [-0.39, 0.29) is 19.5 Å². The molecule has 0 aromatic heterocycles. The van der Waals surface area contributed by atoms with Gasteiger partial charge < -0.3 is 98.6 Å². The highest BCUT2D eigenvalue weighted by Crippen LogP contribution is 2.34. The van der Waals surface area contributed by atoms with Crippen molar-refractivity contribution in [2.45, 2.75) is 123 Å². The van der Waals surface area contributed by atoms with Crippen molar-refractivity contribution in [1.29, 1.82) is 0 Å². The van der Waals surface area contributed by atoms with E-state index in [1.54, 1.807) is 0 Å². The highest BCUT2D eigenvalue weighted by Gasteiger charge is 2.54. The van der Waals surface area contributed by atoms with Crippen molar-refractivity contribution in [2.24, 2.45) is 34.4 Å². The van der Waals surface area contributed by atoms with E-state index in [0.29, 0.717) is 0 Å². The summed E-state index contributed by atoms with van der Waals surface area (Å²) < 4.78 is 34.6. The molecule has 42 heavy (non-hydrogen) atoms. The van der Waals surface area contributed by atoms with Crippen LogP contribution < -0.4 is 34.4 Å². The van der Waals surface area contributed by atoms with E-state index < -0.39 is 123 Å². The third-order valence-electron chi connectivity index (χ3n) is 8.37. The Kier molecular flexibility index (Phi) is 11.5. The molecule has 4 fully saturated rings. The molecule has 0 radical (unpaired) electrons. The summed E-state index contributed by atoms with van der Waals surface area (Å²) in [6.07, 6.45) is -19.8. The van der Waals surface area contributed by atoms with E-state index in [4.69, 9.17) is 62.8 Å². The van der Waals surface area contributed by atoms with Crippen molar-refractivity contribution in [1.82, 2.24) is 0 Å². The molecule has 3 aliphatic heterocycles. The van der Waals surface area contributed by atoms with Gasteiger partial charge in [0.05, 0.1) is 24.8 Å². The van der Waals surface area contributed by atoms with Crippen LogP contribution in [0.4, 0.5) is 0 Å². The van der Waals surface area contributed by atoms with Crippen LogP contribution in [0.1, 0.15) is 6.42 Å². The predicted octanol–water partition coefficient (Wildman–Crippen LogP) is -8.90. The van der Waals surface area contributed by atoms with Gasteiger partial charge in [-0.15, -0.1) is 0 Å². The normalized spacial score (nSPS) is 53.8. The third kappa shape index (κ3) is 6.60. The van der Waals surface area contributed by atoms with Crippen molar-refractivity contribution in [3.8, 4) is 0 Å². The van der Waals surface area contributed by atoms with Crippen molar-refractivity contribution >= 4 is 0 Å². The van der Waals surface area contributed by atoms with Crippen LogP contribution in [0, 0.1) is 0 Å². The zero-order chi connectivity index (χ0) is 31.0. The summed E-state index contributed by atoms with van der Waals surface area (Å²) in [5.74, 6) is 0. The molecule has 0 spiro atoms. The lowest BCUT2D eigenvalue weighted by atomic mass is 9.84. The lowest BCUT2D eigenvalue weighted by molar-refractivity contribution is -0.306. The first-order valence-corrected chi connectivity index (χ1v) is 13.9. The summed E-state index contributed by atoms with van der Waals surface area (Å²) >= 11 is 0. The maximum absolute atomic E-state index is 11.1. The molecule has 4 aliphatic rings. The van der Waals surface area contributed by atoms with Crippen LogP contribution in [-0.2, 0) is 28.4 Å². The zero-order valence-corrected chi connectivity index (χ0v) is 22.8. The molecule has 0 unspecified atom stereocenters. The molecular formula is C23H46N6O13. The van der Waals surface area contributed by atoms with Crippen LogP contribution in [-0.4, -0.2) is 172 Å². The first-order chi connectivity index (χ1) is 19.8. The summed E-state index contributed by atoms with van der Waals surface area (Å²) in [5.41, 5.74) is 35.6. The van der Waals surface area contributed by atoms with Crippen molar-refractivity contribution in [3.05, 3.63) is 0 Å². The molecule has 19 atom stereocenters. The maximum atomic E-state index is 11.1. The predicted molar refractivity (Wildman–Crippen MR) is 138 cm³/mol. The minimum atomic E-state index is -1.60. The number of aliphatic hydroxyl groups is 7. The van der Waals surface area contributed by atoms with Crippen molar-refractivity contribution < 1.29 is 64.2 Å². The van der Waals surface area contributed by atoms with E-state index in [0.717, 1.165) is 0 Å². The Hall–Kier alpha value is -0.760. The minimum absolute atomic E-state index is 0.0889. The molecule has 0 aromatic rings. The van der Waals surface area contributed by atoms with Crippen LogP contribution >= 0.6 is 0 Å². The quantitative estimate of drug-likeness (QED) is 0.115. The van der Waals surface area contributed by atoms with Crippen LogP contribution in [0.2, 0.25) is 0 Å². The molecule has 4 rings (SSSR count). The number of aliphatic hydroxyl groups excluding tert-OH is 7. The lowest BCUT2D eigenvalue weighted by Gasteiger charge is -2.47. The number of hydrogen-bond acceptors (Lipinski definition) is 19. The van der Waals surface area contributed by atoms with Gasteiger partial charge >= 0.3 is 0 Å². The van der Waals surface area contributed by atoms with E-state index in [2.05, 4.69) is 0 Å². The fourth-order valence-corrected chi connectivity index (χ4v) is 5.74. The molecule has 0 bridgehead atoms. The van der Waals surface area contributed by atoms with Crippen LogP contribution in [0.3, 0.4) is 0 Å². The highest BCUT2D eigenvalue weighted by molar-refractivity contribution is 5.02. The van der Waals surface area contributed by atoms with E-state index in [1.165, 1.54) is 0 Å². The molecular weight excluding hydrogens is 568 g/mol. The molecule has 19 nitrogen and oxygen atoms in total. The van der Waals surface area contributed by atoms with Gasteiger partial charge in [-0.25, -0.2) is 0 Å². The summed E-state index contributed by atoms with van der Waals surface area (Å²) in [4.78, 5) is 0. The molecule has 0 amide bonds. The van der Waals surface area contributed by atoms with Crippen molar-refractivity contribution in [2.75, 3.05) is 19.7 Å². The topological polar surface area (TPSA) is 353 Å². The third-order valence-corrected chi connectivity index (χ3v) is 8.37. The van der Waals surface area contributed by atoms with Crippen molar-refractivity contribution in [3.63, 3.8) is 0 Å². The second-order valence-electron chi connectivity index (χ2n) is 11.2. The Bertz CT molecular complexity index is 868. The number of ether oxygens (including phenoxy) is 6. The maximum Gasteiger partial charge on any atom is 0.187 e. The molecule has 19 heteroatoms.